The molecule has 6 nitrogen and oxygen atoms in total. The quantitative estimate of drug-likeness (QED) is 0.305. The molecule has 3 aromatic carbocycles. The number of aromatic nitrogens is 2. The van der Waals surface area contributed by atoms with Crippen molar-refractivity contribution in [1.29, 1.82) is 0 Å². The molecule has 1 atom stereocenters. The van der Waals surface area contributed by atoms with E-state index < -0.39 is 0 Å². The van der Waals surface area contributed by atoms with E-state index in [2.05, 4.69) is 59.1 Å². The van der Waals surface area contributed by atoms with Gasteiger partial charge in [-0.25, -0.2) is 4.68 Å². The van der Waals surface area contributed by atoms with Crippen LogP contribution >= 0.6 is 0 Å². The van der Waals surface area contributed by atoms with Crippen LogP contribution in [0.2, 0.25) is 0 Å². The molecule has 4 N–H and O–H groups in total. The molecule has 1 aromatic heterocycles. The van der Waals surface area contributed by atoms with Gasteiger partial charge >= 0.3 is 0 Å². The van der Waals surface area contributed by atoms with Crippen molar-refractivity contribution >= 4 is 11.6 Å². The molecule has 1 saturated carbocycles. The predicted molar refractivity (Wildman–Crippen MR) is 144 cm³/mol. The number of rotatable bonds is 9. The van der Waals surface area contributed by atoms with Crippen LogP contribution in [0.15, 0.2) is 78.9 Å². The third-order valence-electron chi connectivity index (χ3n) is 6.62. The van der Waals surface area contributed by atoms with Crippen molar-refractivity contribution in [2.75, 3.05) is 11.9 Å². The topological polar surface area (TPSA) is 85.0 Å². The van der Waals surface area contributed by atoms with Crippen molar-refractivity contribution < 1.29 is 4.79 Å². The van der Waals surface area contributed by atoms with Gasteiger partial charge in [0.15, 0.2) is 0 Å². The monoisotopic (exact) mass is 479 g/mol. The minimum Gasteiger partial charge on any atom is -0.326 e. The first-order valence-electron chi connectivity index (χ1n) is 12.6. The fourth-order valence-corrected chi connectivity index (χ4v) is 4.55. The Labute approximate surface area is 212 Å². The van der Waals surface area contributed by atoms with E-state index in [1.165, 1.54) is 24.0 Å². The van der Waals surface area contributed by atoms with Crippen molar-refractivity contribution in [3.8, 4) is 5.69 Å². The van der Waals surface area contributed by atoms with E-state index in [4.69, 9.17) is 5.73 Å². The van der Waals surface area contributed by atoms with Crippen molar-refractivity contribution in [3.63, 3.8) is 0 Å². The Morgan fingerprint density at radius 1 is 1.00 bits per heavy atom. The van der Waals surface area contributed by atoms with Crippen molar-refractivity contribution in [2.24, 2.45) is 11.7 Å². The third kappa shape index (κ3) is 5.56. The number of hydrogen-bond donors (Lipinski definition) is 3. The maximum absolute atomic E-state index is 13.4. The van der Waals surface area contributed by atoms with Crippen molar-refractivity contribution in [1.82, 2.24) is 15.1 Å². The summed E-state index contributed by atoms with van der Waals surface area (Å²) in [6.45, 7) is 5.43. The molecular formula is C30H33N5O. The molecule has 0 saturated heterocycles. The molecule has 4 aromatic rings. The van der Waals surface area contributed by atoms with E-state index >= 15 is 0 Å². The number of benzene rings is 3. The molecule has 1 aliphatic rings. The zero-order chi connectivity index (χ0) is 25.1. The first kappa shape index (κ1) is 24.0. The number of nitrogens with zero attached hydrogens (tertiary/aromatic N) is 2. The number of aryl methyl sites for hydroxylation is 2. The number of nitrogens with one attached hydrogen (secondary N) is 2. The standard InChI is InChI=1S/C30H33N5O/c1-20-6-3-8-24(14-20)29(32-19-22-12-13-22)25-9-5-10-26(17-25)33-30(36)28-15-21(2)34-35(28)27-11-4-7-23(16-27)18-31/h3-11,14-17,22,29,32H,12-13,18-19,31H2,1-2H3,(H,33,36). The molecular weight excluding hydrogens is 446 g/mol. The number of carbonyl (C=O) groups excluding carboxylic acids is 1. The van der Waals surface area contributed by atoms with Crippen LogP contribution < -0.4 is 16.4 Å². The van der Waals surface area contributed by atoms with Crippen LogP contribution in [0.1, 0.15) is 57.3 Å². The van der Waals surface area contributed by atoms with Crippen LogP contribution in [0.4, 0.5) is 5.69 Å². The molecule has 0 spiro atoms. The first-order valence-corrected chi connectivity index (χ1v) is 12.6. The summed E-state index contributed by atoms with van der Waals surface area (Å²) in [6.07, 6.45) is 2.59. The highest BCUT2D eigenvalue weighted by atomic mass is 16.2. The first-order chi connectivity index (χ1) is 17.5. The number of nitrogens with two attached hydrogens (primary N) is 1. The summed E-state index contributed by atoms with van der Waals surface area (Å²) in [5.74, 6) is 0.561. The van der Waals surface area contributed by atoms with Gasteiger partial charge in [0.25, 0.3) is 5.91 Å². The van der Waals surface area contributed by atoms with Crippen LogP contribution in [-0.2, 0) is 6.54 Å². The lowest BCUT2D eigenvalue weighted by Crippen LogP contribution is -2.25. The van der Waals surface area contributed by atoms with Gasteiger partial charge in [0.1, 0.15) is 5.69 Å². The molecule has 6 heteroatoms. The average molecular weight is 480 g/mol. The third-order valence-corrected chi connectivity index (χ3v) is 6.62. The van der Waals surface area contributed by atoms with E-state index in [9.17, 15) is 4.79 Å². The zero-order valence-electron chi connectivity index (χ0n) is 20.9. The molecule has 1 unspecified atom stereocenters. The fraction of sp³-hybridized carbons (Fsp3) is 0.267. The van der Waals surface area contributed by atoms with Crippen molar-refractivity contribution in [2.45, 2.75) is 39.3 Å². The Kier molecular flexibility index (Phi) is 6.98. The summed E-state index contributed by atoms with van der Waals surface area (Å²) < 4.78 is 1.68. The molecule has 0 bridgehead atoms. The molecule has 0 radical (unpaired) electrons. The van der Waals surface area contributed by atoms with Gasteiger partial charge in [-0.3, -0.25) is 4.79 Å². The number of carbonyl (C=O) groups is 1. The van der Waals surface area contributed by atoms with E-state index in [1.807, 2.05) is 43.3 Å². The van der Waals surface area contributed by atoms with Gasteiger partial charge in [0.2, 0.25) is 0 Å². The SMILES string of the molecule is Cc1cccc(C(NCC2CC2)c2cccc(NC(=O)c3cc(C)nn3-c3cccc(CN)c3)c2)c1. The molecule has 5 rings (SSSR count). The molecule has 1 heterocycles. The molecule has 1 amide bonds. The number of anilines is 1. The highest BCUT2D eigenvalue weighted by Crippen LogP contribution is 2.31. The van der Waals surface area contributed by atoms with Crippen LogP contribution in [0.25, 0.3) is 5.69 Å². The molecule has 1 fully saturated rings. The largest absolute Gasteiger partial charge is 0.326 e. The number of hydrogen-bond acceptors (Lipinski definition) is 4. The zero-order valence-corrected chi connectivity index (χ0v) is 20.9. The summed E-state index contributed by atoms with van der Waals surface area (Å²) in [7, 11) is 0. The lowest BCUT2D eigenvalue weighted by molar-refractivity contribution is 0.101. The van der Waals surface area contributed by atoms with Gasteiger partial charge in [0.05, 0.1) is 17.4 Å². The maximum atomic E-state index is 13.4. The highest BCUT2D eigenvalue weighted by molar-refractivity contribution is 6.03. The van der Waals surface area contributed by atoms with E-state index in [0.29, 0.717) is 12.2 Å². The highest BCUT2D eigenvalue weighted by Gasteiger charge is 2.24. The fourth-order valence-electron chi connectivity index (χ4n) is 4.55. The van der Waals surface area contributed by atoms with E-state index in [0.717, 1.165) is 40.7 Å². The Hall–Kier alpha value is -3.74. The normalized spacial score (nSPS) is 14.0. The summed E-state index contributed by atoms with van der Waals surface area (Å²) in [5, 5.41) is 11.4. The summed E-state index contributed by atoms with van der Waals surface area (Å²) in [5.41, 5.74) is 13.2. The van der Waals surface area contributed by atoms with E-state index in [1.54, 1.807) is 10.7 Å². The van der Waals surface area contributed by atoms with Gasteiger partial charge in [0, 0.05) is 12.2 Å². The summed E-state index contributed by atoms with van der Waals surface area (Å²) in [4.78, 5) is 13.4. The Balaban J connectivity index is 1.41. The summed E-state index contributed by atoms with van der Waals surface area (Å²) >= 11 is 0. The molecule has 1 aliphatic carbocycles. The Morgan fingerprint density at radius 3 is 2.50 bits per heavy atom. The van der Waals surface area contributed by atoms with Gasteiger partial charge in [-0.1, -0.05) is 54.1 Å². The second-order valence-corrected chi connectivity index (χ2v) is 9.74. The second-order valence-electron chi connectivity index (χ2n) is 9.74. The predicted octanol–water partition coefficient (Wildman–Crippen LogP) is 5.29. The van der Waals surface area contributed by atoms with Crippen molar-refractivity contribution in [3.05, 3.63) is 113 Å². The molecule has 184 valence electrons. The number of amides is 1. The Morgan fingerprint density at radius 2 is 1.75 bits per heavy atom. The minimum atomic E-state index is -0.205. The smallest absolute Gasteiger partial charge is 0.274 e. The maximum Gasteiger partial charge on any atom is 0.274 e. The molecule has 0 aliphatic heterocycles. The Bertz CT molecular complexity index is 1370. The lowest BCUT2D eigenvalue weighted by Gasteiger charge is -2.21. The van der Waals surface area contributed by atoms with E-state index in [-0.39, 0.29) is 11.9 Å². The average Bonchev–Trinajstić information content (AvgIpc) is 3.63. The molecule has 36 heavy (non-hydrogen) atoms. The minimum absolute atomic E-state index is 0.0640. The van der Waals surface area contributed by atoms with Crippen LogP contribution in [-0.4, -0.2) is 22.2 Å². The van der Waals surface area contributed by atoms with Crippen LogP contribution in [0, 0.1) is 19.8 Å². The van der Waals surface area contributed by atoms with Gasteiger partial charge in [-0.2, -0.15) is 5.10 Å². The summed E-state index contributed by atoms with van der Waals surface area (Å²) in [6, 6.07) is 26.4. The van der Waals surface area contributed by atoms with Gasteiger partial charge < -0.3 is 16.4 Å². The second kappa shape index (κ2) is 10.5. The van der Waals surface area contributed by atoms with Gasteiger partial charge in [-0.15, -0.1) is 0 Å². The van der Waals surface area contributed by atoms with Gasteiger partial charge in [-0.05, 0) is 86.2 Å². The van der Waals surface area contributed by atoms with Crippen LogP contribution in [0.3, 0.4) is 0 Å². The lowest BCUT2D eigenvalue weighted by atomic mass is 9.96. The van der Waals surface area contributed by atoms with Crippen LogP contribution in [0.5, 0.6) is 0 Å².